The average molecular weight is 367 g/mol. The van der Waals surface area contributed by atoms with Crippen LogP contribution in [0.4, 0.5) is 17.1 Å². The zero-order valence-corrected chi connectivity index (χ0v) is 16.6. The van der Waals surface area contributed by atoms with Crippen LogP contribution >= 0.6 is 0 Å². The zero-order chi connectivity index (χ0) is 19.8. The van der Waals surface area contributed by atoms with Crippen LogP contribution in [0.3, 0.4) is 0 Å². The molecule has 0 aromatic heterocycles. The lowest BCUT2D eigenvalue weighted by Crippen LogP contribution is -2.22. The Hall–Kier alpha value is -2.82. The van der Waals surface area contributed by atoms with Crippen molar-refractivity contribution in [3.8, 4) is 0 Å². The zero-order valence-electron chi connectivity index (χ0n) is 16.6. The molecule has 0 saturated heterocycles. The average Bonchev–Trinajstić information content (AvgIpc) is 2.64. The van der Waals surface area contributed by atoms with Gasteiger partial charge < -0.3 is 16.0 Å². The Morgan fingerprint density at radius 3 is 2.26 bits per heavy atom. The lowest BCUT2D eigenvalue weighted by Gasteiger charge is -2.13. The first-order valence-electron chi connectivity index (χ1n) is 9.43. The van der Waals surface area contributed by atoms with Crippen LogP contribution < -0.4 is 16.0 Å². The topological polar surface area (TPSA) is 70.2 Å². The highest BCUT2D eigenvalue weighted by Gasteiger charge is 2.09. The van der Waals surface area contributed by atoms with Crippen LogP contribution in [0, 0.1) is 12.8 Å². The fourth-order valence-electron chi connectivity index (χ4n) is 2.60. The molecule has 5 heteroatoms. The van der Waals surface area contributed by atoms with E-state index in [-0.39, 0.29) is 24.3 Å². The van der Waals surface area contributed by atoms with Crippen LogP contribution in [0.15, 0.2) is 42.5 Å². The summed E-state index contributed by atoms with van der Waals surface area (Å²) in [5.41, 5.74) is 4.61. The minimum atomic E-state index is -0.116. The van der Waals surface area contributed by atoms with Gasteiger partial charge in [0.05, 0.1) is 6.54 Å². The van der Waals surface area contributed by atoms with E-state index < -0.39 is 0 Å². The quantitative estimate of drug-likeness (QED) is 0.639. The number of carbonyl (C=O) groups excluding carboxylic acids is 2. The van der Waals surface area contributed by atoms with Crippen LogP contribution in [-0.4, -0.2) is 18.4 Å². The number of hydrogen-bond donors (Lipinski definition) is 3. The summed E-state index contributed by atoms with van der Waals surface area (Å²) in [6.45, 7) is 7.95. The van der Waals surface area contributed by atoms with Crippen molar-refractivity contribution in [1.82, 2.24) is 0 Å². The molecule has 0 radical (unpaired) electrons. The van der Waals surface area contributed by atoms with Crippen LogP contribution in [0.1, 0.15) is 38.3 Å². The van der Waals surface area contributed by atoms with Crippen LogP contribution in [-0.2, 0) is 16.0 Å². The molecule has 0 heterocycles. The van der Waals surface area contributed by atoms with Gasteiger partial charge in [-0.15, -0.1) is 0 Å². The number of carbonyl (C=O) groups is 2. The summed E-state index contributed by atoms with van der Waals surface area (Å²) in [4.78, 5) is 24.1. The van der Waals surface area contributed by atoms with Gasteiger partial charge in [0.15, 0.2) is 0 Å². The maximum Gasteiger partial charge on any atom is 0.243 e. The predicted molar refractivity (Wildman–Crippen MR) is 112 cm³/mol. The molecule has 0 spiro atoms. The van der Waals surface area contributed by atoms with E-state index in [2.05, 4.69) is 22.9 Å². The molecular formula is C22H29N3O2. The van der Waals surface area contributed by atoms with Gasteiger partial charge in [-0.1, -0.05) is 45.4 Å². The molecule has 0 saturated carbocycles. The Morgan fingerprint density at radius 1 is 0.963 bits per heavy atom. The largest absolute Gasteiger partial charge is 0.376 e. The van der Waals surface area contributed by atoms with Crippen LogP contribution in [0.2, 0.25) is 0 Å². The Kier molecular flexibility index (Phi) is 7.41. The van der Waals surface area contributed by atoms with Gasteiger partial charge in [0.1, 0.15) is 0 Å². The summed E-state index contributed by atoms with van der Waals surface area (Å²) >= 11 is 0. The molecule has 0 bridgehead atoms. The molecule has 2 aromatic carbocycles. The summed E-state index contributed by atoms with van der Waals surface area (Å²) < 4.78 is 0. The third-order valence-corrected chi connectivity index (χ3v) is 4.25. The van der Waals surface area contributed by atoms with E-state index >= 15 is 0 Å². The minimum Gasteiger partial charge on any atom is -0.376 e. The molecule has 2 aromatic rings. The fourth-order valence-corrected chi connectivity index (χ4v) is 2.60. The van der Waals surface area contributed by atoms with Gasteiger partial charge in [0.2, 0.25) is 11.8 Å². The van der Waals surface area contributed by atoms with E-state index in [1.165, 1.54) is 5.56 Å². The van der Waals surface area contributed by atoms with Crippen LogP contribution in [0.25, 0.3) is 0 Å². The lowest BCUT2D eigenvalue weighted by atomic mass is 10.1. The molecule has 0 aliphatic carbocycles. The molecule has 144 valence electrons. The van der Waals surface area contributed by atoms with Crippen molar-refractivity contribution in [2.24, 2.45) is 5.92 Å². The first-order valence-corrected chi connectivity index (χ1v) is 9.43. The van der Waals surface area contributed by atoms with Gasteiger partial charge in [-0.3, -0.25) is 9.59 Å². The third kappa shape index (κ3) is 6.44. The van der Waals surface area contributed by atoms with Gasteiger partial charge in [-0.25, -0.2) is 0 Å². The molecule has 3 N–H and O–H groups in total. The van der Waals surface area contributed by atoms with Gasteiger partial charge in [-0.2, -0.15) is 0 Å². The number of rotatable bonds is 8. The molecule has 0 atom stereocenters. The first kappa shape index (κ1) is 20.5. The highest BCUT2D eigenvalue weighted by molar-refractivity contribution is 5.95. The number of anilines is 3. The Morgan fingerprint density at radius 2 is 1.63 bits per heavy atom. The van der Waals surface area contributed by atoms with Crippen molar-refractivity contribution in [3.63, 3.8) is 0 Å². The number of nitrogens with one attached hydrogen (secondary N) is 3. The summed E-state index contributed by atoms with van der Waals surface area (Å²) in [5.74, 6) is -0.236. The molecule has 2 rings (SSSR count). The van der Waals surface area contributed by atoms with Gasteiger partial charge in [-0.05, 0) is 48.7 Å². The Bertz CT molecular complexity index is 783. The minimum absolute atomic E-state index is 0.0333. The maximum absolute atomic E-state index is 12.2. The summed E-state index contributed by atoms with van der Waals surface area (Å²) in [5, 5.41) is 8.91. The summed E-state index contributed by atoms with van der Waals surface area (Å²) in [7, 11) is 0. The lowest BCUT2D eigenvalue weighted by molar-refractivity contribution is -0.119. The number of benzene rings is 2. The predicted octanol–water partition coefficient (Wildman–Crippen LogP) is 4.59. The Labute approximate surface area is 161 Å². The van der Waals surface area contributed by atoms with Crippen molar-refractivity contribution < 1.29 is 9.59 Å². The Balaban J connectivity index is 1.92. The van der Waals surface area contributed by atoms with Gasteiger partial charge in [0.25, 0.3) is 0 Å². The van der Waals surface area contributed by atoms with Crippen molar-refractivity contribution in [2.45, 2.75) is 40.5 Å². The van der Waals surface area contributed by atoms with Gasteiger partial charge in [0, 0.05) is 23.0 Å². The van der Waals surface area contributed by atoms with E-state index in [1.807, 2.05) is 63.2 Å². The summed E-state index contributed by atoms with van der Waals surface area (Å²) in [6, 6.07) is 13.6. The SMILES string of the molecule is CCCc1ccc(NC(=O)CNc2cc(NC(=O)C(C)C)ccc2C)cc1. The number of aryl methyl sites for hydroxylation is 2. The second-order valence-corrected chi connectivity index (χ2v) is 7.02. The fraction of sp³-hybridized carbons (Fsp3) is 0.364. The monoisotopic (exact) mass is 367 g/mol. The number of hydrogen-bond acceptors (Lipinski definition) is 3. The summed E-state index contributed by atoms with van der Waals surface area (Å²) in [6.07, 6.45) is 2.14. The molecule has 0 aliphatic rings. The smallest absolute Gasteiger partial charge is 0.243 e. The van der Waals surface area contributed by atoms with Crippen molar-refractivity contribution >= 4 is 28.9 Å². The van der Waals surface area contributed by atoms with Crippen molar-refractivity contribution in [3.05, 3.63) is 53.6 Å². The van der Waals surface area contributed by atoms with E-state index in [0.29, 0.717) is 5.69 Å². The molecule has 27 heavy (non-hydrogen) atoms. The highest BCUT2D eigenvalue weighted by Crippen LogP contribution is 2.21. The molecule has 5 nitrogen and oxygen atoms in total. The van der Waals surface area contributed by atoms with Gasteiger partial charge >= 0.3 is 0 Å². The highest BCUT2D eigenvalue weighted by atomic mass is 16.2. The molecule has 2 amide bonds. The third-order valence-electron chi connectivity index (χ3n) is 4.25. The molecule has 0 aliphatic heterocycles. The molecular weight excluding hydrogens is 338 g/mol. The standard InChI is InChI=1S/C22H29N3O2/c1-5-6-17-8-11-18(12-9-17)24-21(26)14-23-20-13-19(10-7-16(20)4)25-22(27)15(2)3/h7-13,15,23H,5-6,14H2,1-4H3,(H,24,26)(H,25,27). The maximum atomic E-state index is 12.2. The molecule has 0 unspecified atom stereocenters. The van der Waals surface area contributed by atoms with E-state index in [4.69, 9.17) is 0 Å². The van der Waals surface area contributed by atoms with Crippen molar-refractivity contribution in [1.29, 1.82) is 0 Å². The number of amides is 2. The first-order chi connectivity index (χ1) is 12.9. The van der Waals surface area contributed by atoms with E-state index in [0.717, 1.165) is 29.8 Å². The van der Waals surface area contributed by atoms with E-state index in [1.54, 1.807) is 0 Å². The second-order valence-electron chi connectivity index (χ2n) is 7.02. The van der Waals surface area contributed by atoms with E-state index in [9.17, 15) is 9.59 Å². The molecule has 0 fully saturated rings. The normalized spacial score (nSPS) is 10.6. The van der Waals surface area contributed by atoms with Crippen LogP contribution in [0.5, 0.6) is 0 Å². The second kappa shape index (κ2) is 9.76. The van der Waals surface area contributed by atoms with Crippen molar-refractivity contribution in [2.75, 3.05) is 22.5 Å².